The molecule has 0 aromatic heterocycles. The Hall–Kier alpha value is -1.26. The monoisotopic (exact) mass is 281 g/mol. The van der Waals surface area contributed by atoms with E-state index in [0.29, 0.717) is 31.3 Å². The number of nitrogens with zero attached hydrogens (tertiary/aromatic N) is 1. The first-order valence-corrected chi connectivity index (χ1v) is 7.14. The van der Waals surface area contributed by atoms with Gasteiger partial charge < -0.3 is 4.74 Å². The Kier molecular flexibility index (Phi) is 7.41. The molecule has 0 atom stereocenters. The van der Waals surface area contributed by atoms with Crippen molar-refractivity contribution in [1.29, 1.82) is 0 Å². The van der Waals surface area contributed by atoms with E-state index in [1.807, 2.05) is 0 Å². The Labute approximate surface area is 120 Å². The molecule has 0 fully saturated rings. The van der Waals surface area contributed by atoms with Crippen LogP contribution in [0.5, 0.6) is 0 Å². The molecular formula is C16H24FNO2. The molecular weight excluding hydrogens is 257 g/mol. The molecule has 0 amide bonds. The highest BCUT2D eigenvalue weighted by Crippen LogP contribution is 2.11. The van der Waals surface area contributed by atoms with Gasteiger partial charge in [-0.1, -0.05) is 26.0 Å². The molecule has 0 bridgehead atoms. The number of benzene rings is 1. The van der Waals surface area contributed by atoms with Crippen LogP contribution in [-0.4, -0.2) is 43.5 Å². The van der Waals surface area contributed by atoms with Crippen LogP contribution in [0.1, 0.15) is 37.0 Å². The summed E-state index contributed by atoms with van der Waals surface area (Å²) in [6, 6.07) is 6.22. The highest BCUT2D eigenvalue weighted by atomic mass is 19.1. The van der Waals surface area contributed by atoms with Gasteiger partial charge in [0.05, 0.1) is 13.2 Å². The summed E-state index contributed by atoms with van der Waals surface area (Å²) >= 11 is 0. The zero-order valence-electron chi connectivity index (χ0n) is 12.6. The van der Waals surface area contributed by atoms with Crippen molar-refractivity contribution in [2.45, 2.75) is 32.7 Å². The molecule has 0 heterocycles. The zero-order chi connectivity index (χ0) is 15.0. The fourth-order valence-electron chi connectivity index (χ4n) is 2.34. The van der Waals surface area contributed by atoms with E-state index in [1.165, 1.54) is 12.1 Å². The van der Waals surface area contributed by atoms with Crippen molar-refractivity contribution in [2.75, 3.05) is 26.8 Å². The molecule has 0 saturated heterocycles. The summed E-state index contributed by atoms with van der Waals surface area (Å²) in [5.74, 6) is -0.422. The van der Waals surface area contributed by atoms with Gasteiger partial charge >= 0.3 is 0 Å². The summed E-state index contributed by atoms with van der Waals surface area (Å²) in [4.78, 5) is 14.4. The molecule has 0 N–H and O–H groups in total. The molecule has 0 aliphatic rings. The van der Waals surface area contributed by atoms with Crippen molar-refractivity contribution in [2.24, 2.45) is 0 Å². The van der Waals surface area contributed by atoms with Gasteiger partial charge in [0.15, 0.2) is 5.78 Å². The fourth-order valence-corrected chi connectivity index (χ4v) is 2.34. The first-order valence-electron chi connectivity index (χ1n) is 7.14. The normalized spacial score (nSPS) is 11.3. The number of methoxy groups -OCH3 is 1. The van der Waals surface area contributed by atoms with Gasteiger partial charge in [0.2, 0.25) is 0 Å². The van der Waals surface area contributed by atoms with Crippen LogP contribution < -0.4 is 0 Å². The van der Waals surface area contributed by atoms with Crippen LogP contribution in [0.3, 0.4) is 0 Å². The van der Waals surface area contributed by atoms with Gasteiger partial charge in [0.1, 0.15) is 5.82 Å². The third-order valence-corrected chi connectivity index (χ3v) is 3.53. The Bertz CT molecular complexity index is 419. The second kappa shape index (κ2) is 8.82. The molecule has 3 nitrogen and oxygen atoms in total. The van der Waals surface area contributed by atoms with E-state index >= 15 is 0 Å². The predicted molar refractivity (Wildman–Crippen MR) is 78.5 cm³/mol. The maximum Gasteiger partial charge on any atom is 0.176 e. The average Bonchev–Trinajstić information content (AvgIpc) is 2.45. The molecule has 112 valence electrons. The van der Waals surface area contributed by atoms with Gasteiger partial charge in [-0.25, -0.2) is 4.39 Å². The van der Waals surface area contributed by atoms with Crippen molar-refractivity contribution >= 4 is 5.78 Å². The minimum atomic E-state index is -0.373. The smallest absolute Gasteiger partial charge is 0.176 e. The lowest BCUT2D eigenvalue weighted by atomic mass is 10.1. The van der Waals surface area contributed by atoms with Crippen LogP contribution in [0.25, 0.3) is 0 Å². The van der Waals surface area contributed by atoms with E-state index in [0.717, 1.165) is 12.8 Å². The van der Waals surface area contributed by atoms with Gasteiger partial charge in [-0.3, -0.25) is 9.69 Å². The van der Waals surface area contributed by atoms with E-state index < -0.39 is 0 Å². The molecule has 0 saturated carbocycles. The van der Waals surface area contributed by atoms with E-state index in [2.05, 4.69) is 18.7 Å². The number of ketones is 1. The summed E-state index contributed by atoms with van der Waals surface area (Å²) in [6.45, 7) is 5.83. The molecule has 0 aliphatic heterocycles. The molecule has 4 heteroatoms. The van der Waals surface area contributed by atoms with E-state index in [-0.39, 0.29) is 11.6 Å². The van der Waals surface area contributed by atoms with Crippen molar-refractivity contribution in [1.82, 2.24) is 4.90 Å². The Balaban J connectivity index is 2.75. The van der Waals surface area contributed by atoms with Gasteiger partial charge in [0.25, 0.3) is 0 Å². The van der Waals surface area contributed by atoms with Gasteiger partial charge in [-0.2, -0.15) is 0 Å². The lowest BCUT2D eigenvalue weighted by Gasteiger charge is -2.29. The molecule has 0 radical (unpaired) electrons. The minimum absolute atomic E-state index is 0.0486. The van der Waals surface area contributed by atoms with Crippen LogP contribution in [0.15, 0.2) is 24.3 Å². The largest absolute Gasteiger partial charge is 0.383 e. The summed E-state index contributed by atoms with van der Waals surface area (Å²) in [7, 11) is 1.65. The summed E-state index contributed by atoms with van der Waals surface area (Å²) in [5, 5.41) is 0. The highest BCUT2D eigenvalue weighted by Gasteiger charge is 2.19. The van der Waals surface area contributed by atoms with Crippen LogP contribution in [0.2, 0.25) is 0 Å². The Morgan fingerprint density at radius 1 is 1.35 bits per heavy atom. The number of carbonyl (C=O) groups excluding carboxylic acids is 1. The molecule has 1 rings (SSSR count). The molecule has 0 unspecified atom stereocenters. The molecule has 20 heavy (non-hydrogen) atoms. The van der Waals surface area contributed by atoms with Crippen LogP contribution in [0.4, 0.5) is 4.39 Å². The lowest BCUT2D eigenvalue weighted by Crippen LogP contribution is -2.40. The number of Topliss-reactive ketones (excluding diaryl/α,β-unsaturated/α-hetero) is 1. The standard InChI is InChI=1S/C16H24FNO2/c1-4-15(5-2)18(9-10-20-3)12-16(19)13-7-6-8-14(17)11-13/h6-8,11,15H,4-5,9-10,12H2,1-3H3. The maximum atomic E-state index is 13.2. The van der Waals surface area contributed by atoms with Crippen molar-refractivity contribution in [3.05, 3.63) is 35.6 Å². The quantitative estimate of drug-likeness (QED) is 0.651. The van der Waals surface area contributed by atoms with E-state index in [1.54, 1.807) is 19.2 Å². The topological polar surface area (TPSA) is 29.5 Å². The van der Waals surface area contributed by atoms with Gasteiger partial charge in [-0.15, -0.1) is 0 Å². The SMILES string of the molecule is CCC(CC)N(CCOC)CC(=O)c1cccc(F)c1. The Morgan fingerprint density at radius 3 is 2.60 bits per heavy atom. The maximum absolute atomic E-state index is 13.2. The number of halogens is 1. The molecule has 0 spiro atoms. The number of hydrogen-bond donors (Lipinski definition) is 0. The summed E-state index contributed by atoms with van der Waals surface area (Å²) in [5.41, 5.74) is 0.429. The van der Waals surface area contributed by atoms with Crippen LogP contribution in [-0.2, 0) is 4.74 Å². The third kappa shape index (κ3) is 5.02. The molecule has 0 aliphatic carbocycles. The first kappa shape index (κ1) is 16.8. The van der Waals surface area contributed by atoms with Gasteiger partial charge in [-0.05, 0) is 25.0 Å². The average molecular weight is 281 g/mol. The highest BCUT2D eigenvalue weighted by molar-refractivity contribution is 5.97. The second-order valence-corrected chi connectivity index (χ2v) is 4.87. The second-order valence-electron chi connectivity index (χ2n) is 4.87. The number of rotatable bonds is 9. The summed E-state index contributed by atoms with van der Waals surface area (Å²) in [6.07, 6.45) is 1.97. The first-order chi connectivity index (χ1) is 9.62. The number of carbonyl (C=O) groups is 1. The van der Waals surface area contributed by atoms with Crippen molar-refractivity contribution < 1.29 is 13.9 Å². The van der Waals surface area contributed by atoms with Crippen LogP contribution in [0, 0.1) is 5.82 Å². The summed E-state index contributed by atoms with van der Waals surface area (Å²) < 4.78 is 18.3. The number of ether oxygens (including phenoxy) is 1. The predicted octanol–water partition coefficient (Wildman–Crippen LogP) is 3.15. The van der Waals surface area contributed by atoms with E-state index in [9.17, 15) is 9.18 Å². The zero-order valence-corrected chi connectivity index (χ0v) is 12.6. The van der Waals surface area contributed by atoms with Crippen molar-refractivity contribution in [3.8, 4) is 0 Å². The number of hydrogen-bond acceptors (Lipinski definition) is 3. The molecule has 1 aromatic rings. The van der Waals surface area contributed by atoms with Gasteiger partial charge in [0, 0.05) is 25.3 Å². The fraction of sp³-hybridized carbons (Fsp3) is 0.562. The minimum Gasteiger partial charge on any atom is -0.383 e. The Morgan fingerprint density at radius 2 is 2.05 bits per heavy atom. The molecule has 1 aromatic carbocycles. The third-order valence-electron chi connectivity index (χ3n) is 3.53. The lowest BCUT2D eigenvalue weighted by molar-refractivity contribution is 0.0811. The van der Waals surface area contributed by atoms with Crippen LogP contribution >= 0.6 is 0 Å². The van der Waals surface area contributed by atoms with E-state index in [4.69, 9.17) is 4.74 Å². The van der Waals surface area contributed by atoms with Crippen molar-refractivity contribution in [3.63, 3.8) is 0 Å².